The van der Waals surface area contributed by atoms with Gasteiger partial charge in [-0.15, -0.1) is 0 Å². The average Bonchev–Trinajstić information content (AvgIpc) is 3.32. The number of benzene rings is 1. The molecule has 160 valence electrons. The number of aromatic nitrogens is 1. The van der Waals surface area contributed by atoms with Crippen molar-refractivity contribution >= 4 is 26.8 Å². The van der Waals surface area contributed by atoms with Gasteiger partial charge in [-0.3, -0.25) is 4.79 Å². The molecule has 1 aromatic carbocycles. The van der Waals surface area contributed by atoms with E-state index < -0.39 is 10.0 Å². The molecule has 2 aromatic heterocycles. The van der Waals surface area contributed by atoms with Crippen LogP contribution in [0.3, 0.4) is 0 Å². The summed E-state index contributed by atoms with van der Waals surface area (Å²) in [6, 6.07) is 10.6. The van der Waals surface area contributed by atoms with Gasteiger partial charge in [0.05, 0.1) is 11.4 Å². The topological polar surface area (TPSA) is 84.5 Å². The average molecular weight is 430 g/mol. The molecule has 1 amide bonds. The van der Waals surface area contributed by atoms with Gasteiger partial charge in [0.2, 0.25) is 15.9 Å². The van der Waals surface area contributed by atoms with Gasteiger partial charge in [0.1, 0.15) is 18.1 Å². The van der Waals surface area contributed by atoms with Crippen LogP contribution in [0, 0.1) is 12.8 Å². The molecule has 3 aromatic rings. The number of nitrogens with one attached hydrogen (secondary N) is 1. The number of piperidine rings is 1. The van der Waals surface area contributed by atoms with Crippen LogP contribution in [0.2, 0.25) is 0 Å². The van der Waals surface area contributed by atoms with Gasteiger partial charge >= 0.3 is 0 Å². The molecular formula is C22H27N3O4S. The van der Waals surface area contributed by atoms with Crippen molar-refractivity contribution in [1.29, 1.82) is 0 Å². The van der Waals surface area contributed by atoms with Gasteiger partial charge in [0, 0.05) is 30.2 Å². The molecule has 1 aliphatic rings. The summed E-state index contributed by atoms with van der Waals surface area (Å²) in [4.78, 5) is 12.6. The third kappa shape index (κ3) is 4.29. The highest BCUT2D eigenvalue weighted by atomic mass is 32.2. The summed E-state index contributed by atoms with van der Waals surface area (Å²) in [5.41, 5.74) is 0.824. The van der Waals surface area contributed by atoms with Crippen molar-refractivity contribution in [2.75, 3.05) is 13.1 Å². The fourth-order valence-electron chi connectivity index (χ4n) is 3.83. The van der Waals surface area contributed by atoms with Crippen LogP contribution in [0.1, 0.15) is 31.3 Å². The summed E-state index contributed by atoms with van der Waals surface area (Å²) in [5.74, 6) is 1.94. The number of fused-ring (bicyclic) bond motifs is 1. The van der Waals surface area contributed by atoms with Crippen LogP contribution in [0.5, 0.6) is 0 Å². The van der Waals surface area contributed by atoms with E-state index in [1.165, 1.54) is 0 Å². The monoisotopic (exact) mass is 429 g/mol. The number of sulfonamides is 1. The van der Waals surface area contributed by atoms with Crippen LogP contribution in [-0.4, -0.2) is 36.3 Å². The minimum atomic E-state index is -3.49. The van der Waals surface area contributed by atoms with E-state index in [2.05, 4.69) is 12.2 Å². The van der Waals surface area contributed by atoms with E-state index in [9.17, 15) is 13.2 Å². The van der Waals surface area contributed by atoms with E-state index in [1.807, 2.05) is 29.7 Å². The SMILES string of the molecule is Cc1ccc(CNC(=O)Cn2ccc3cc(S(=O)(=O)N4CCC(C)CC4)ccc32)o1. The predicted molar refractivity (Wildman–Crippen MR) is 114 cm³/mol. The number of nitrogens with zero attached hydrogens (tertiary/aromatic N) is 2. The Bertz CT molecular complexity index is 1150. The van der Waals surface area contributed by atoms with Gasteiger partial charge in [-0.1, -0.05) is 6.92 Å². The number of amides is 1. The quantitative estimate of drug-likeness (QED) is 0.652. The number of furan rings is 1. The first-order valence-corrected chi connectivity index (χ1v) is 11.7. The number of carbonyl (C=O) groups excluding carboxylic acids is 1. The lowest BCUT2D eigenvalue weighted by Crippen LogP contribution is -2.37. The van der Waals surface area contributed by atoms with E-state index in [0.717, 1.165) is 29.5 Å². The normalized spacial score (nSPS) is 16.2. The van der Waals surface area contributed by atoms with Gasteiger partial charge in [0.25, 0.3) is 0 Å². The zero-order chi connectivity index (χ0) is 21.3. The number of hydrogen-bond acceptors (Lipinski definition) is 4. The van der Waals surface area contributed by atoms with Crippen LogP contribution in [0.25, 0.3) is 10.9 Å². The highest BCUT2D eigenvalue weighted by Gasteiger charge is 2.28. The summed E-state index contributed by atoms with van der Waals surface area (Å²) in [6.07, 6.45) is 3.59. The van der Waals surface area contributed by atoms with Crippen LogP contribution < -0.4 is 5.32 Å². The number of carbonyl (C=O) groups is 1. The van der Waals surface area contributed by atoms with Gasteiger partial charge in [-0.05, 0) is 62.1 Å². The van der Waals surface area contributed by atoms with Crippen molar-refractivity contribution in [2.45, 2.75) is 44.7 Å². The molecule has 4 rings (SSSR count). The first-order valence-electron chi connectivity index (χ1n) is 10.2. The molecule has 8 heteroatoms. The van der Waals surface area contributed by atoms with Crippen molar-refractivity contribution in [3.8, 4) is 0 Å². The maximum absolute atomic E-state index is 13.0. The summed E-state index contributed by atoms with van der Waals surface area (Å²) in [6.45, 7) is 5.64. The molecule has 1 saturated heterocycles. The highest BCUT2D eigenvalue weighted by molar-refractivity contribution is 7.89. The molecule has 1 fully saturated rings. The molecule has 0 radical (unpaired) electrons. The summed E-state index contributed by atoms with van der Waals surface area (Å²) < 4.78 is 34.8. The lowest BCUT2D eigenvalue weighted by atomic mass is 10.0. The molecule has 0 atom stereocenters. The zero-order valence-corrected chi connectivity index (χ0v) is 18.1. The molecule has 1 aliphatic heterocycles. The van der Waals surface area contributed by atoms with Gasteiger partial charge in [0.15, 0.2) is 0 Å². The summed E-state index contributed by atoms with van der Waals surface area (Å²) in [7, 11) is -3.49. The molecule has 7 nitrogen and oxygen atoms in total. The van der Waals surface area contributed by atoms with Crippen LogP contribution in [0.15, 0.2) is 51.9 Å². The first-order chi connectivity index (χ1) is 14.3. The van der Waals surface area contributed by atoms with E-state index in [0.29, 0.717) is 36.2 Å². The number of aryl methyl sites for hydroxylation is 1. The third-order valence-electron chi connectivity index (χ3n) is 5.69. The molecule has 3 heterocycles. The van der Waals surface area contributed by atoms with Crippen molar-refractivity contribution in [1.82, 2.24) is 14.2 Å². The van der Waals surface area contributed by atoms with Crippen LogP contribution >= 0.6 is 0 Å². The Hall–Kier alpha value is -2.58. The van der Waals surface area contributed by atoms with E-state index in [4.69, 9.17) is 4.42 Å². The second kappa shape index (κ2) is 8.28. The van der Waals surface area contributed by atoms with Crippen molar-refractivity contribution < 1.29 is 17.6 Å². The van der Waals surface area contributed by atoms with E-state index in [1.54, 1.807) is 28.7 Å². The Kier molecular flexibility index (Phi) is 5.71. The van der Waals surface area contributed by atoms with Gasteiger partial charge in [-0.25, -0.2) is 8.42 Å². The summed E-state index contributed by atoms with van der Waals surface area (Å²) in [5, 5.41) is 3.64. The minimum Gasteiger partial charge on any atom is -0.465 e. The number of rotatable bonds is 6. The van der Waals surface area contributed by atoms with E-state index >= 15 is 0 Å². The molecule has 0 saturated carbocycles. The lowest BCUT2D eigenvalue weighted by molar-refractivity contribution is -0.121. The molecule has 30 heavy (non-hydrogen) atoms. The third-order valence-corrected chi connectivity index (χ3v) is 7.59. The number of hydrogen-bond donors (Lipinski definition) is 1. The van der Waals surface area contributed by atoms with Crippen LogP contribution in [0.4, 0.5) is 0 Å². The second-order valence-electron chi connectivity index (χ2n) is 8.04. The molecule has 0 bridgehead atoms. The summed E-state index contributed by atoms with van der Waals surface area (Å²) >= 11 is 0. The standard InChI is InChI=1S/C22H27N3O4S/c1-16-7-11-25(12-8-16)30(27,28)20-5-6-21-18(13-20)9-10-24(21)15-22(26)23-14-19-4-3-17(2)29-19/h3-6,9-10,13,16H,7-8,11-12,14-15H2,1-2H3,(H,23,26). The van der Waals surface area contributed by atoms with Crippen molar-refractivity contribution in [3.05, 3.63) is 54.1 Å². The van der Waals surface area contributed by atoms with Gasteiger partial charge < -0.3 is 14.3 Å². The molecular weight excluding hydrogens is 402 g/mol. The van der Waals surface area contributed by atoms with Gasteiger partial charge in [-0.2, -0.15) is 4.31 Å². The Morgan fingerprint density at radius 1 is 1.17 bits per heavy atom. The zero-order valence-electron chi connectivity index (χ0n) is 17.3. The fourth-order valence-corrected chi connectivity index (χ4v) is 5.33. The maximum Gasteiger partial charge on any atom is 0.243 e. The molecule has 0 unspecified atom stereocenters. The Morgan fingerprint density at radius 3 is 2.63 bits per heavy atom. The highest BCUT2D eigenvalue weighted by Crippen LogP contribution is 2.26. The predicted octanol–water partition coefficient (Wildman–Crippen LogP) is 3.28. The molecule has 0 aliphatic carbocycles. The fraction of sp³-hybridized carbons (Fsp3) is 0.409. The largest absolute Gasteiger partial charge is 0.465 e. The smallest absolute Gasteiger partial charge is 0.243 e. The lowest BCUT2D eigenvalue weighted by Gasteiger charge is -2.29. The second-order valence-corrected chi connectivity index (χ2v) is 9.98. The maximum atomic E-state index is 13.0. The van der Waals surface area contributed by atoms with Crippen molar-refractivity contribution in [2.24, 2.45) is 5.92 Å². The van der Waals surface area contributed by atoms with Crippen LogP contribution in [-0.2, 0) is 27.9 Å². The Labute approximate surface area is 176 Å². The Morgan fingerprint density at radius 2 is 1.93 bits per heavy atom. The van der Waals surface area contributed by atoms with E-state index in [-0.39, 0.29) is 12.5 Å². The molecule has 0 spiro atoms. The molecule has 1 N–H and O–H groups in total. The van der Waals surface area contributed by atoms with Crippen molar-refractivity contribution in [3.63, 3.8) is 0 Å². The minimum absolute atomic E-state index is 0.138. The first kappa shape index (κ1) is 20.7. The Balaban J connectivity index is 1.46.